The van der Waals surface area contributed by atoms with E-state index in [9.17, 15) is 0 Å². The molecule has 1 aromatic carbocycles. The molecule has 3 nitrogen and oxygen atoms in total. The summed E-state index contributed by atoms with van der Waals surface area (Å²) in [6.07, 6.45) is 0. The number of hydrogen-bond acceptors (Lipinski definition) is 4. The minimum absolute atomic E-state index is 0.309. The lowest BCUT2D eigenvalue weighted by molar-refractivity contribution is 0.369. The number of hydrogen-bond donors (Lipinski definition) is 0. The molecule has 0 aliphatic carbocycles. The van der Waals surface area contributed by atoms with Gasteiger partial charge in [0.2, 0.25) is 0 Å². The van der Waals surface area contributed by atoms with E-state index in [0.717, 1.165) is 10.4 Å². The van der Waals surface area contributed by atoms with Crippen molar-refractivity contribution in [1.29, 1.82) is 0 Å². The Labute approximate surface area is 121 Å². The summed E-state index contributed by atoms with van der Waals surface area (Å²) in [6.45, 7) is 0. The SMILES string of the molecule is COc1cc(OC)c(C(Cl)c2cccs2)c(OC)c1. The molecular formula is C14H15ClO3S. The van der Waals surface area contributed by atoms with Crippen LogP contribution in [-0.4, -0.2) is 21.3 Å². The van der Waals surface area contributed by atoms with Gasteiger partial charge in [0, 0.05) is 17.0 Å². The molecule has 19 heavy (non-hydrogen) atoms. The molecule has 102 valence electrons. The van der Waals surface area contributed by atoms with E-state index >= 15 is 0 Å². The number of methoxy groups -OCH3 is 3. The average molecular weight is 299 g/mol. The van der Waals surface area contributed by atoms with Crippen LogP contribution in [-0.2, 0) is 0 Å². The van der Waals surface area contributed by atoms with Gasteiger partial charge in [-0.25, -0.2) is 0 Å². The molecular weight excluding hydrogens is 284 g/mol. The molecule has 2 rings (SSSR count). The van der Waals surface area contributed by atoms with Crippen molar-refractivity contribution < 1.29 is 14.2 Å². The maximum Gasteiger partial charge on any atom is 0.131 e. The molecule has 0 fully saturated rings. The Hall–Kier alpha value is -1.39. The second-order valence-electron chi connectivity index (χ2n) is 3.82. The van der Waals surface area contributed by atoms with Crippen molar-refractivity contribution in [2.24, 2.45) is 0 Å². The Morgan fingerprint density at radius 3 is 2.11 bits per heavy atom. The van der Waals surface area contributed by atoms with E-state index in [1.54, 1.807) is 44.8 Å². The van der Waals surface area contributed by atoms with Gasteiger partial charge in [-0.1, -0.05) is 6.07 Å². The van der Waals surface area contributed by atoms with Gasteiger partial charge in [0.1, 0.15) is 17.2 Å². The Bertz CT molecular complexity index is 515. The standard InChI is InChI=1S/C14H15ClO3S/c1-16-9-7-10(17-2)13(11(8-9)18-3)14(15)12-5-4-6-19-12/h4-8,14H,1-3H3. The molecule has 1 atom stereocenters. The van der Waals surface area contributed by atoms with E-state index in [4.69, 9.17) is 25.8 Å². The maximum absolute atomic E-state index is 6.55. The highest BCUT2D eigenvalue weighted by molar-refractivity contribution is 7.10. The van der Waals surface area contributed by atoms with Crippen LogP contribution in [0.15, 0.2) is 29.6 Å². The molecule has 1 aromatic heterocycles. The summed E-state index contributed by atoms with van der Waals surface area (Å²) >= 11 is 8.15. The molecule has 0 saturated carbocycles. The summed E-state index contributed by atoms with van der Waals surface area (Å²) in [5.41, 5.74) is 0.815. The fourth-order valence-corrected chi connectivity index (χ4v) is 3.01. The van der Waals surface area contributed by atoms with Crippen molar-refractivity contribution in [2.75, 3.05) is 21.3 Å². The molecule has 0 aliphatic heterocycles. The number of rotatable bonds is 5. The Balaban J connectivity index is 2.54. The maximum atomic E-state index is 6.55. The molecule has 0 bridgehead atoms. The fourth-order valence-electron chi connectivity index (χ4n) is 1.86. The minimum Gasteiger partial charge on any atom is -0.496 e. The zero-order chi connectivity index (χ0) is 13.8. The summed E-state index contributed by atoms with van der Waals surface area (Å²) in [4.78, 5) is 1.04. The third kappa shape index (κ3) is 2.80. The number of halogens is 1. The van der Waals surface area contributed by atoms with Crippen molar-refractivity contribution in [3.8, 4) is 17.2 Å². The zero-order valence-corrected chi connectivity index (χ0v) is 12.5. The second-order valence-corrected chi connectivity index (χ2v) is 5.24. The van der Waals surface area contributed by atoms with Crippen LogP contribution in [0.4, 0.5) is 0 Å². The van der Waals surface area contributed by atoms with Crippen molar-refractivity contribution in [2.45, 2.75) is 5.38 Å². The van der Waals surface area contributed by atoms with Crippen LogP contribution in [0.5, 0.6) is 17.2 Å². The van der Waals surface area contributed by atoms with E-state index in [2.05, 4.69) is 0 Å². The van der Waals surface area contributed by atoms with Gasteiger partial charge in [-0.2, -0.15) is 0 Å². The predicted octanol–water partition coefficient (Wildman–Crippen LogP) is 4.10. The first-order valence-corrected chi connectivity index (χ1v) is 7.00. The number of alkyl halides is 1. The highest BCUT2D eigenvalue weighted by atomic mass is 35.5. The Morgan fingerprint density at radius 2 is 1.68 bits per heavy atom. The van der Waals surface area contributed by atoms with Gasteiger partial charge in [-0.15, -0.1) is 22.9 Å². The lowest BCUT2D eigenvalue weighted by atomic mass is 10.1. The molecule has 0 amide bonds. The normalized spacial score (nSPS) is 12.0. The first kappa shape index (κ1) is 14.0. The molecule has 5 heteroatoms. The molecule has 1 unspecified atom stereocenters. The molecule has 1 heterocycles. The molecule has 2 aromatic rings. The Morgan fingerprint density at radius 1 is 1.05 bits per heavy atom. The van der Waals surface area contributed by atoms with E-state index < -0.39 is 0 Å². The third-order valence-corrected chi connectivity index (χ3v) is 4.32. The van der Waals surface area contributed by atoms with Crippen molar-refractivity contribution >= 4 is 22.9 Å². The summed E-state index contributed by atoms with van der Waals surface area (Å²) in [5, 5.41) is 1.68. The number of ether oxygens (including phenoxy) is 3. The second kappa shape index (κ2) is 6.17. The van der Waals surface area contributed by atoms with Crippen LogP contribution in [0.2, 0.25) is 0 Å². The zero-order valence-electron chi connectivity index (χ0n) is 11.0. The summed E-state index contributed by atoms with van der Waals surface area (Å²) < 4.78 is 16.0. The van der Waals surface area contributed by atoms with Crippen LogP contribution in [0.3, 0.4) is 0 Å². The first-order valence-electron chi connectivity index (χ1n) is 5.68. The number of benzene rings is 1. The molecule has 0 radical (unpaired) electrons. The fraction of sp³-hybridized carbons (Fsp3) is 0.286. The summed E-state index contributed by atoms with van der Waals surface area (Å²) in [5.74, 6) is 1.99. The van der Waals surface area contributed by atoms with Gasteiger partial charge in [0.05, 0.1) is 32.3 Å². The first-order chi connectivity index (χ1) is 9.21. The Kier molecular flexibility index (Phi) is 4.56. The van der Waals surface area contributed by atoms with Crippen LogP contribution in [0.1, 0.15) is 15.8 Å². The number of thiophene rings is 1. The monoisotopic (exact) mass is 298 g/mol. The lowest BCUT2D eigenvalue weighted by Crippen LogP contribution is -2.01. The molecule has 0 N–H and O–H groups in total. The van der Waals surface area contributed by atoms with Crippen LogP contribution < -0.4 is 14.2 Å². The summed E-state index contributed by atoms with van der Waals surface area (Å²) in [7, 11) is 4.82. The van der Waals surface area contributed by atoms with Gasteiger partial charge in [0.15, 0.2) is 0 Å². The highest BCUT2D eigenvalue weighted by Crippen LogP contribution is 2.44. The molecule has 0 aliphatic rings. The van der Waals surface area contributed by atoms with Gasteiger partial charge in [-0.3, -0.25) is 0 Å². The third-order valence-electron chi connectivity index (χ3n) is 2.80. The smallest absolute Gasteiger partial charge is 0.131 e. The van der Waals surface area contributed by atoms with E-state index in [0.29, 0.717) is 17.2 Å². The van der Waals surface area contributed by atoms with Crippen molar-refractivity contribution in [3.63, 3.8) is 0 Å². The highest BCUT2D eigenvalue weighted by Gasteiger charge is 2.22. The van der Waals surface area contributed by atoms with Gasteiger partial charge in [0.25, 0.3) is 0 Å². The van der Waals surface area contributed by atoms with E-state index in [1.807, 2.05) is 17.5 Å². The lowest BCUT2D eigenvalue weighted by Gasteiger charge is -2.18. The van der Waals surface area contributed by atoms with Crippen LogP contribution >= 0.6 is 22.9 Å². The predicted molar refractivity (Wildman–Crippen MR) is 78.1 cm³/mol. The van der Waals surface area contributed by atoms with Crippen LogP contribution in [0, 0.1) is 0 Å². The van der Waals surface area contributed by atoms with E-state index in [1.165, 1.54) is 0 Å². The quantitative estimate of drug-likeness (QED) is 0.778. The van der Waals surface area contributed by atoms with Gasteiger partial charge >= 0.3 is 0 Å². The summed E-state index contributed by atoms with van der Waals surface area (Å²) in [6, 6.07) is 7.57. The van der Waals surface area contributed by atoms with Crippen molar-refractivity contribution in [1.82, 2.24) is 0 Å². The average Bonchev–Trinajstić information content (AvgIpc) is 2.99. The van der Waals surface area contributed by atoms with Gasteiger partial charge < -0.3 is 14.2 Å². The van der Waals surface area contributed by atoms with E-state index in [-0.39, 0.29) is 5.38 Å². The topological polar surface area (TPSA) is 27.7 Å². The van der Waals surface area contributed by atoms with Gasteiger partial charge in [-0.05, 0) is 11.4 Å². The minimum atomic E-state index is -0.309. The largest absolute Gasteiger partial charge is 0.496 e. The molecule has 0 saturated heterocycles. The molecule has 0 spiro atoms. The van der Waals surface area contributed by atoms with Crippen LogP contribution in [0.25, 0.3) is 0 Å². The van der Waals surface area contributed by atoms with Crippen molar-refractivity contribution in [3.05, 3.63) is 40.1 Å².